The van der Waals surface area contributed by atoms with E-state index in [2.05, 4.69) is 28.3 Å². The topological polar surface area (TPSA) is 52.0 Å². The summed E-state index contributed by atoms with van der Waals surface area (Å²) in [4.78, 5) is 6.29. The minimum atomic E-state index is 0.497. The van der Waals surface area contributed by atoms with Crippen LogP contribution in [0.25, 0.3) is 0 Å². The van der Waals surface area contributed by atoms with Gasteiger partial charge in [0.05, 0.1) is 0 Å². The van der Waals surface area contributed by atoms with Gasteiger partial charge in [-0.25, -0.2) is 4.98 Å². The zero-order chi connectivity index (χ0) is 12.8. The van der Waals surface area contributed by atoms with Crippen LogP contribution in [0.2, 0.25) is 0 Å². The summed E-state index contributed by atoms with van der Waals surface area (Å²) in [6.07, 6.45) is 5.61. The summed E-state index contributed by atoms with van der Waals surface area (Å²) in [6.45, 7) is 3.08. The van der Waals surface area contributed by atoms with Crippen molar-refractivity contribution in [2.75, 3.05) is 20.1 Å². The molecule has 0 saturated carbocycles. The smallest absolute Gasteiger partial charge is 0.140 e. The summed E-state index contributed by atoms with van der Waals surface area (Å²) >= 11 is 0. The van der Waals surface area contributed by atoms with Crippen LogP contribution in [0.4, 0.5) is 0 Å². The molecule has 18 heavy (non-hydrogen) atoms. The quantitative estimate of drug-likeness (QED) is 0.872. The van der Waals surface area contributed by atoms with E-state index in [1.165, 1.54) is 19.3 Å². The number of hydrogen-bond donors (Lipinski definition) is 1. The third kappa shape index (κ3) is 3.80. The van der Waals surface area contributed by atoms with Gasteiger partial charge in [0.2, 0.25) is 0 Å². The lowest BCUT2D eigenvalue weighted by molar-refractivity contribution is 0.256. The minimum absolute atomic E-state index is 0.497. The van der Waals surface area contributed by atoms with E-state index in [9.17, 15) is 0 Å². The fourth-order valence-corrected chi connectivity index (χ4v) is 2.47. The second-order valence-electron chi connectivity index (χ2n) is 5.00. The molecule has 0 spiro atoms. The average molecular weight is 244 g/mol. The van der Waals surface area contributed by atoms with Gasteiger partial charge in [-0.1, -0.05) is 6.42 Å². The highest BCUT2D eigenvalue weighted by molar-refractivity contribution is 5.25. The van der Waals surface area contributed by atoms with Crippen LogP contribution >= 0.6 is 0 Å². The third-order valence-corrected chi connectivity index (χ3v) is 3.34. The number of rotatable bonds is 4. The molecular formula is C14H20N4. The standard InChI is InChI=1S/C14H20N4/c1-18(11-13-4-2-3-6-16-13)10-12-5-7-17-14(8-12)9-15/h5,7-8,13,16H,2-4,6,10-11H2,1H3. The Morgan fingerprint density at radius 1 is 1.56 bits per heavy atom. The number of pyridine rings is 1. The molecule has 4 nitrogen and oxygen atoms in total. The zero-order valence-corrected chi connectivity index (χ0v) is 10.9. The first-order chi connectivity index (χ1) is 8.78. The van der Waals surface area contributed by atoms with Crippen LogP contribution < -0.4 is 5.32 Å². The van der Waals surface area contributed by atoms with Gasteiger partial charge in [0.1, 0.15) is 11.8 Å². The Morgan fingerprint density at radius 2 is 2.44 bits per heavy atom. The van der Waals surface area contributed by atoms with E-state index in [1.54, 1.807) is 6.20 Å². The van der Waals surface area contributed by atoms with Crippen molar-refractivity contribution in [2.24, 2.45) is 0 Å². The first-order valence-electron chi connectivity index (χ1n) is 6.55. The van der Waals surface area contributed by atoms with Gasteiger partial charge in [0.15, 0.2) is 0 Å². The lowest BCUT2D eigenvalue weighted by Gasteiger charge is -2.28. The Morgan fingerprint density at radius 3 is 3.17 bits per heavy atom. The van der Waals surface area contributed by atoms with Gasteiger partial charge in [0.25, 0.3) is 0 Å². The maximum Gasteiger partial charge on any atom is 0.140 e. The molecule has 1 atom stereocenters. The van der Waals surface area contributed by atoms with E-state index in [-0.39, 0.29) is 0 Å². The van der Waals surface area contributed by atoms with Crippen molar-refractivity contribution in [3.8, 4) is 6.07 Å². The van der Waals surface area contributed by atoms with Crippen molar-refractivity contribution in [2.45, 2.75) is 31.8 Å². The summed E-state index contributed by atoms with van der Waals surface area (Å²) in [5.74, 6) is 0. The second kappa shape index (κ2) is 6.48. The van der Waals surface area contributed by atoms with E-state index < -0.39 is 0 Å². The summed E-state index contributed by atoms with van der Waals surface area (Å²) in [7, 11) is 2.13. The van der Waals surface area contributed by atoms with Crippen LogP contribution in [0.5, 0.6) is 0 Å². The predicted octanol–water partition coefficient (Wildman–Crippen LogP) is 1.53. The van der Waals surface area contributed by atoms with E-state index in [0.29, 0.717) is 11.7 Å². The Kier molecular flexibility index (Phi) is 4.68. The molecule has 1 N–H and O–H groups in total. The molecule has 0 bridgehead atoms. The van der Waals surface area contributed by atoms with Crippen LogP contribution in [-0.4, -0.2) is 36.1 Å². The highest BCUT2D eigenvalue weighted by Crippen LogP contribution is 2.10. The molecule has 96 valence electrons. The van der Waals surface area contributed by atoms with Crippen molar-refractivity contribution in [1.29, 1.82) is 5.26 Å². The number of nitriles is 1. The Labute approximate surface area is 109 Å². The molecule has 0 radical (unpaired) electrons. The van der Waals surface area contributed by atoms with Gasteiger partial charge in [-0.15, -0.1) is 0 Å². The number of likely N-dealkylation sites (N-methyl/N-ethyl adjacent to an activating group) is 1. The highest BCUT2D eigenvalue weighted by Gasteiger charge is 2.14. The fourth-order valence-electron chi connectivity index (χ4n) is 2.47. The molecule has 1 aliphatic rings. The van der Waals surface area contributed by atoms with Gasteiger partial charge in [0, 0.05) is 25.3 Å². The van der Waals surface area contributed by atoms with Gasteiger partial charge in [-0.05, 0) is 44.1 Å². The maximum atomic E-state index is 8.82. The van der Waals surface area contributed by atoms with Crippen molar-refractivity contribution < 1.29 is 0 Å². The van der Waals surface area contributed by atoms with E-state index in [0.717, 1.165) is 25.2 Å². The lowest BCUT2D eigenvalue weighted by Crippen LogP contribution is -2.42. The number of piperidine rings is 1. The maximum absolute atomic E-state index is 8.82. The molecule has 4 heteroatoms. The van der Waals surface area contributed by atoms with Crippen molar-refractivity contribution in [3.05, 3.63) is 29.6 Å². The van der Waals surface area contributed by atoms with E-state index in [4.69, 9.17) is 5.26 Å². The largest absolute Gasteiger partial charge is 0.313 e. The molecule has 0 aliphatic carbocycles. The monoisotopic (exact) mass is 244 g/mol. The molecule has 1 aromatic rings. The molecule has 1 aromatic heterocycles. The van der Waals surface area contributed by atoms with Crippen LogP contribution in [0, 0.1) is 11.3 Å². The third-order valence-electron chi connectivity index (χ3n) is 3.34. The molecule has 0 aromatic carbocycles. The Balaban J connectivity index is 1.86. The van der Waals surface area contributed by atoms with E-state index >= 15 is 0 Å². The SMILES string of the molecule is CN(Cc1ccnc(C#N)c1)CC1CCCCN1. The lowest BCUT2D eigenvalue weighted by atomic mass is 10.0. The predicted molar refractivity (Wildman–Crippen MR) is 70.9 cm³/mol. The summed E-state index contributed by atoms with van der Waals surface area (Å²) in [5.41, 5.74) is 1.65. The van der Waals surface area contributed by atoms with Crippen molar-refractivity contribution in [3.63, 3.8) is 0 Å². The number of hydrogen-bond acceptors (Lipinski definition) is 4. The Bertz CT molecular complexity index is 418. The van der Waals surface area contributed by atoms with Crippen molar-refractivity contribution >= 4 is 0 Å². The minimum Gasteiger partial charge on any atom is -0.313 e. The number of nitrogens with zero attached hydrogens (tertiary/aromatic N) is 3. The van der Waals surface area contributed by atoms with Crippen LogP contribution in [0.1, 0.15) is 30.5 Å². The number of aromatic nitrogens is 1. The zero-order valence-electron chi connectivity index (χ0n) is 10.9. The van der Waals surface area contributed by atoms with Gasteiger partial charge in [-0.2, -0.15) is 5.26 Å². The number of nitrogens with one attached hydrogen (secondary N) is 1. The van der Waals surface area contributed by atoms with Crippen LogP contribution in [0.3, 0.4) is 0 Å². The van der Waals surface area contributed by atoms with Crippen molar-refractivity contribution in [1.82, 2.24) is 15.2 Å². The molecule has 1 fully saturated rings. The summed E-state index contributed by atoms with van der Waals surface area (Å²) in [5, 5.41) is 12.4. The van der Waals surface area contributed by atoms with Crippen LogP contribution in [0.15, 0.2) is 18.3 Å². The van der Waals surface area contributed by atoms with Gasteiger partial charge in [-0.3, -0.25) is 0 Å². The van der Waals surface area contributed by atoms with Gasteiger partial charge < -0.3 is 10.2 Å². The summed E-state index contributed by atoms with van der Waals surface area (Å²) in [6, 6.07) is 6.54. The first kappa shape index (κ1) is 13.0. The first-order valence-corrected chi connectivity index (χ1v) is 6.55. The van der Waals surface area contributed by atoms with E-state index in [1.807, 2.05) is 12.1 Å². The summed E-state index contributed by atoms with van der Waals surface area (Å²) < 4.78 is 0. The molecule has 1 aliphatic heterocycles. The average Bonchev–Trinajstić information content (AvgIpc) is 2.40. The highest BCUT2D eigenvalue weighted by atomic mass is 15.1. The second-order valence-corrected chi connectivity index (χ2v) is 5.00. The molecular weight excluding hydrogens is 224 g/mol. The molecule has 2 rings (SSSR count). The Hall–Kier alpha value is -1.44. The molecule has 0 amide bonds. The fraction of sp³-hybridized carbons (Fsp3) is 0.571. The normalized spacial score (nSPS) is 19.7. The molecule has 2 heterocycles. The molecule has 1 saturated heterocycles. The molecule has 1 unspecified atom stereocenters. The van der Waals surface area contributed by atoms with Gasteiger partial charge >= 0.3 is 0 Å². The van der Waals surface area contributed by atoms with Crippen LogP contribution in [-0.2, 0) is 6.54 Å².